The van der Waals surface area contributed by atoms with Crippen LogP contribution in [0.1, 0.15) is 124 Å². The maximum Gasteiger partial charge on any atom is 0.397 e. The average molecular weight is 464 g/mol. The molecule has 186 valence electrons. The van der Waals surface area contributed by atoms with Crippen molar-refractivity contribution in [2.45, 2.75) is 130 Å². The van der Waals surface area contributed by atoms with Crippen molar-refractivity contribution in [2.24, 2.45) is 5.73 Å². The van der Waals surface area contributed by atoms with Gasteiger partial charge in [0, 0.05) is 18.4 Å². The first-order chi connectivity index (χ1) is 14.5. The van der Waals surface area contributed by atoms with Crippen LogP contribution in [0.25, 0.3) is 0 Å². The molecule has 0 aliphatic carbocycles. The minimum Gasteiger partial charge on any atom is -0.325 e. The van der Waals surface area contributed by atoms with Crippen LogP contribution in [0.2, 0.25) is 0 Å². The zero-order valence-electron chi connectivity index (χ0n) is 20.5. The maximum absolute atomic E-state index is 11.7. The molecule has 7 heteroatoms. The minimum atomic E-state index is -4.17. The summed E-state index contributed by atoms with van der Waals surface area (Å²) in [4.78, 5) is 11.7. The Labute approximate surface area is 192 Å². The van der Waals surface area contributed by atoms with Gasteiger partial charge >= 0.3 is 10.4 Å². The first-order valence-corrected chi connectivity index (χ1v) is 13.5. The largest absolute Gasteiger partial charge is 0.397 e. The predicted octanol–water partition coefficient (Wildman–Crippen LogP) is 6.55. The molecule has 6 nitrogen and oxygen atoms in total. The van der Waals surface area contributed by atoms with E-state index < -0.39 is 10.4 Å². The Balaban J connectivity index is 0. The van der Waals surface area contributed by atoms with Crippen molar-refractivity contribution < 1.29 is 21.9 Å². The molecule has 0 atom stereocenters. The van der Waals surface area contributed by atoms with Gasteiger partial charge in [-0.05, 0) is 52.9 Å². The first-order valence-electron chi connectivity index (χ1n) is 12.1. The van der Waals surface area contributed by atoms with Crippen molar-refractivity contribution in [3.05, 3.63) is 12.2 Å². The fraction of sp³-hybridized carbons (Fsp3) is 0.875. The van der Waals surface area contributed by atoms with E-state index in [1.54, 1.807) is 0 Å². The number of rotatable bonds is 19. The zero-order chi connectivity index (χ0) is 24.0. The molecule has 0 aliphatic heterocycles. The topological polar surface area (TPSA) is 107 Å². The molecule has 0 saturated heterocycles. The predicted molar refractivity (Wildman–Crippen MR) is 131 cm³/mol. The standard InChI is InChI=1S/C22H43NO.C2H6O4S/c1-4-5-6-7-8-9-10-11-12-13-14-15-16-17-18-19-21(24)20-22(2,3)23;1-2-6-7(3,4)5/h11-12H,4-10,13-20,23H2,1-3H3;2H2,1H3,(H,3,4,5)/b12-11-;. The maximum atomic E-state index is 11.7. The van der Waals surface area contributed by atoms with Gasteiger partial charge in [0.1, 0.15) is 5.78 Å². The van der Waals surface area contributed by atoms with E-state index in [-0.39, 0.29) is 12.1 Å². The van der Waals surface area contributed by atoms with Gasteiger partial charge in [0.05, 0.1) is 6.61 Å². The summed E-state index contributed by atoms with van der Waals surface area (Å²) in [7, 11) is -4.17. The summed E-state index contributed by atoms with van der Waals surface area (Å²) in [5.41, 5.74) is 5.52. The van der Waals surface area contributed by atoms with Gasteiger partial charge in [0.2, 0.25) is 0 Å². The van der Waals surface area contributed by atoms with Crippen molar-refractivity contribution in [1.82, 2.24) is 0 Å². The van der Waals surface area contributed by atoms with Crippen LogP contribution in [0.15, 0.2) is 12.2 Å². The molecule has 0 radical (unpaired) electrons. The molecule has 0 heterocycles. The monoisotopic (exact) mass is 463 g/mol. The molecule has 0 aliphatic rings. The minimum absolute atomic E-state index is 0.0289. The number of allylic oxidation sites excluding steroid dienone is 2. The molecule has 0 saturated carbocycles. The van der Waals surface area contributed by atoms with Gasteiger partial charge in [-0.25, -0.2) is 4.18 Å². The highest BCUT2D eigenvalue weighted by atomic mass is 32.3. The van der Waals surface area contributed by atoms with Crippen LogP contribution in [0, 0.1) is 0 Å². The number of ketones is 1. The van der Waals surface area contributed by atoms with Gasteiger partial charge in [0.15, 0.2) is 0 Å². The lowest BCUT2D eigenvalue weighted by Crippen LogP contribution is -2.34. The second kappa shape index (κ2) is 21.1. The van der Waals surface area contributed by atoms with Crippen molar-refractivity contribution in [3.8, 4) is 0 Å². The third-order valence-corrected chi connectivity index (χ3v) is 5.17. The summed E-state index contributed by atoms with van der Waals surface area (Å²) < 4.78 is 30.7. The van der Waals surface area contributed by atoms with Gasteiger partial charge < -0.3 is 5.73 Å². The SMILES string of the molecule is CCCCCCCC/C=C\CCCCCCCC(=O)CC(C)(C)N.CCOS(=O)(=O)O. The molecular weight excluding hydrogens is 414 g/mol. The van der Waals surface area contributed by atoms with Crippen molar-refractivity contribution in [3.63, 3.8) is 0 Å². The fourth-order valence-electron chi connectivity index (χ4n) is 3.14. The van der Waals surface area contributed by atoms with Gasteiger partial charge in [-0.1, -0.05) is 70.4 Å². The Hall–Kier alpha value is -0.760. The highest BCUT2D eigenvalue weighted by Crippen LogP contribution is 2.12. The van der Waals surface area contributed by atoms with Gasteiger partial charge in [-0.2, -0.15) is 8.42 Å². The van der Waals surface area contributed by atoms with Gasteiger partial charge in [-0.3, -0.25) is 9.35 Å². The number of unbranched alkanes of at least 4 members (excludes halogenated alkanes) is 11. The number of Topliss-reactive ketones (excluding diaryl/α,β-unsaturated/α-hetero) is 1. The third kappa shape index (κ3) is 34.1. The summed E-state index contributed by atoms with van der Waals surface area (Å²) in [6.07, 6.45) is 22.8. The highest BCUT2D eigenvalue weighted by Gasteiger charge is 2.15. The molecule has 0 fully saturated rings. The zero-order valence-corrected chi connectivity index (χ0v) is 21.4. The van der Waals surface area contributed by atoms with Crippen LogP contribution in [0.5, 0.6) is 0 Å². The van der Waals surface area contributed by atoms with Gasteiger partial charge in [-0.15, -0.1) is 0 Å². The van der Waals surface area contributed by atoms with E-state index in [1.165, 1.54) is 84.0 Å². The molecule has 0 rings (SSSR count). The van der Waals surface area contributed by atoms with Gasteiger partial charge in [0.25, 0.3) is 0 Å². The molecule has 0 amide bonds. The molecule has 31 heavy (non-hydrogen) atoms. The van der Waals surface area contributed by atoms with Crippen LogP contribution in [-0.4, -0.2) is 30.9 Å². The summed E-state index contributed by atoms with van der Waals surface area (Å²) in [5, 5.41) is 0. The van der Waals surface area contributed by atoms with E-state index in [0.717, 1.165) is 6.42 Å². The third-order valence-electron chi connectivity index (χ3n) is 4.64. The lowest BCUT2D eigenvalue weighted by atomic mass is 9.96. The lowest BCUT2D eigenvalue weighted by Gasteiger charge is -2.16. The van der Waals surface area contributed by atoms with Crippen LogP contribution >= 0.6 is 0 Å². The Kier molecular flexibility index (Phi) is 22.1. The average Bonchev–Trinajstić information content (AvgIpc) is 2.63. The quantitative estimate of drug-likeness (QED) is 0.128. The number of hydrogen-bond donors (Lipinski definition) is 2. The molecule has 0 aromatic heterocycles. The molecule has 3 N–H and O–H groups in total. The molecule has 0 aromatic carbocycles. The fourth-order valence-corrected chi connectivity index (χ4v) is 3.44. The smallest absolute Gasteiger partial charge is 0.325 e. The Morgan fingerprint density at radius 2 is 1.32 bits per heavy atom. The van der Waals surface area contributed by atoms with Crippen molar-refractivity contribution in [2.75, 3.05) is 6.61 Å². The number of hydrogen-bond acceptors (Lipinski definition) is 5. The van der Waals surface area contributed by atoms with Crippen LogP contribution in [0.4, 0.5) is 0 Å². The van der Waals surface area contributed by atoms with E-state index in [0.29, 0.717) is 18.6 Å². The summed E-state index contributed by atoms with van der Waals surface area (Å²) in [6, 6.07) is 0. The van der Waals surface area contributed by atoms with E-state index in [9.17, 15) is 13.2 Å². The second-order valence-corrected chi connectivity index (χ2v) is 9.96. The molecule has 0 aromatic rings. The van der Waals surface area contributed by atoms with E-state index in [2.05, 4.69) is 23.3 Å². The van der Waals surface area contributed by atoms with E-state index in [4.69, 9.17) is 10.3 Å². The Morgan fingerprint density at radius 1 is 0.871 bits per heavy atom. The number of nitrogens with two attached hydrogens (primary N) is 1. The van der Waals surface area contributed by atoms with Crippen LogP contribution < -0.4 is 5.73 Å². The van der Waals surface area contributed by atoms with Crippen molar-refractivity contribution >= 4 is 16.2 Å². The summed E-state index contributed by atoms with van der Waals surface area (Å²) in [5.74, 6) is 0.320. The molecule has 0 unspecified atom stereocenters. The molecule has 0 bridgehead atoms. The lowest BCUT2D eigenvalue weighted by molar-refractivity contribution is -0.120. The summed E-state index contributed by atoms with van der Waals surface area (Å²) in [6.45, 7) is 7.55. The first kappa shape index (κ1) is 32.4. The van der Waals surface area contributed by atoms with Crippen LogP contribution in [0.3, 0.4) is 0 Å². The van der Waals surface area contributed by atoms with E-state index >= 15 is 0 Å². The number of carbonyl (C=O) groups is 1. The molecular formula is C24H49NO5S. The normalized spacial score (nSPS) is 12.1. The van der Waals surface area contributed by atoms with Crippen molar-refractivity contribution in [1.29, 1.82) is 0 Å². The highest BCUT2D eigenvalue weighted by molar-refractivity contribution is 7.80. The molecule has 0 spiro atoms. The second-order valence-electron chi connectivity index (χ2n) is 8.87. The van der Waals surface area contributed by atoms with E-state index in [1.807, 2.05) is 13.8 Å². The Bertz CT molecular complexity index is 539. The number of carbonyl (C=O) groups excluding carboxylic acids is 1. The summed E-state index contributed by atoms with van der Waals surface area (Å²) >= 11 is 0. The Morgan fingerprint density at radius 3 is 1.71 bits per heavy atom. The van der Waals surface area contributed by atoms with Crippen LogP contribution in [-0.2, 0) is 19.4 Å².